The van der Waals surface area contributed by atoms with Crippen molar-refractivity contribution >= 4 is 15.9 Å². The third kappa shape index (κ3) is 4.12. The zero-order valence-corrected chi connectivity index (χ0v) is 18.3. The van der Waals surface area contributed by atoms with E-state index < -0.39 is 10.0 Å². The van der Waals surface area contributed by atoms with Gasteiger partial charge in [0, 0.05) is 38.9 Å². The van der Waals surface area contributed by atoms with Crippen molar-refractivity contribution in [2.24, 2.45) is 0 Å². The lowest BCUT2D eigenvalue weighted by Gasteiger charge is -2.36. The van der Waals surface area contributed by atoms with Crippen molar-refractivity contribution in [3.05, 3.63) is 59.4 Å². The fourth-order valence-corrected chi connectivity index (χ4v) is 6.02. The molecule has 0 N–H and O–H groups in total. The van der Waals surface area contributed by atoms with Crippen molar-refractivity contribution in [2.45, 2.75) is 37.8 Å². The molecule has 3 heterocycles. The summed E-state index contributed by atoms with van der Waals surface area (Å²) in [6.45, 7) is 6.97. The normalized spacial score (nSPS) is 21.3. The number of carbonyl (C=O) groups is 1. The second-order valence-corrected chi connectivity index (χ2v) is 10.0. The molecule has 1 unspecified atom stereocenters. The Balaban J connectivity index is 1.38. The number of aryl methyl sites for hydroxylation is 2. The average molecular weight is 429 g/mol. The summed E-state index contributed by atoms with van der Waals surface area (Å²) in [5.41, 5.74) is 2.70. The average Bonchev–Trinajstić information content (AvgIpc) is 3.09. The summed E-state index contributed by atoms with van der Waals surface area (Å²) in [5.74, 6) is 0.117. The molecule has 1 amide bonds. The summed E-state index contributed by atoms with van der Waals surface area (Å²) in [6.07, 6.45) is 2.51. The Morgan fingerprint density at radius 2 is 1.80 bits per heavy atom. The highest BCUT2D eigenvalue weighted by atomic mass is 32.2. The summed E-state index contributed by atoms with van der Waals surface area (Å²) < 4.78 is 27.7. The molecule has 1 aromatic heterocycles. The Labute approximate surface area is 178 Å². The van der Waals surface area contributed by atoms with Crippen molar-refractivity contribution in [1.29, 1.82) is 0 Å². The van der Waals surface area contributed by atoms with Gasteiger partial charge >= 0.3 is 0 Å². The van der Waals surface area contributed by atoms with Crippen LogP contribution in [-0.2, 0) is 21.4 Å². The van der Waals surface area contributed by atoms with Gasteiger partial charge in [0.25, 0.3) is 0 Å². The first kappa shape index (κ1) is 21.0. The van der Waals surface area contributed by atoms with Crippen molar-refractivity contribution < 1.29 is 13.2 Å². The van der Waals surface area contributed by atoms with E-state index in [2.05, 4.69) is 9.88 Å². The van der Waals surface area contributed by atoms with Crippen molar-refractivity contribution in [1.82, 2.24) is 19.1 Å². The number of likely N-dealkylation sites (tertiary alicyclic amines) is 1. The molecule has 2 aliphatic rings. The van der Waals surface area contributed by atoms with Crippen molar-refractivity contribution in [3.63, 3.8) is 0 Å². The lowest BCUT2D eigenvalue weighted by molar-refractivity contribution is -0.133. The fraction of sp³-hybridized carbons (Fsp3) is 0.455. The van der Waals surface area contributed by atoms with Crippen LogP contribution in [0.25, 0.3) is 0 Å². The van der Waals surface area contributed by atoms with Crippen molar-refractivity contribution in [2.75, 3.05) is 32.7 Å². The highest BCUT2D eigenvalue weighted by molar-refractivity contribution is 7.89. The number of sulfonamides is 1. The van der Waals surface area contributed by atoms with E-state index in [0.717, 1.165) is 23.2 Å². The third-order valence-electron chi connectivity index (χ3n) is 6.01. The third-order valence-corrected chi connectivity index (χ3v) is 8.07. The van der Waals surface area contributed by atoms with Gasteiger partial charge in [-0.15, -0.1) is 0 Å². The molecule has 0 saturated carbocycles. The number of piperazine rings is 1. The Bertz CT molecular complexity index is 1020. The number of carbonyl (C=O) groups excluding carboxylic acids is 1. The largest absolute Gasteiger partial charge is 0.335 e. The second-order valence-electron chi connectivity index (χ2n) is 8.09. The van der Waals surface area contributed by atoms with Crippen LogP contribution in [0.3, 0.4) is 0 Å². The number of rotatable bonds is 5. The van der Waals surface area contributed by atoms with Gasteiger partial charge in [-0.1, -0.05) is 23.8 Å². The van der Waals surface area contributed by atoms with Crippen LogP contribution < -0.4 is 0 Å². The Morgan fingerprint density at radius 1 is 1.03 bits per heavy atom. The summed E-state index contributed by atoms with van der Waals surface area (Å²) in [4.78, 5) is 21.6. The topological polar surface area (TPSA) is 73.8 Å². The zero-order valence-electron chi connectivity index (χ0n) is 17.5. The number of nitrogens with zero attached hydrogens (tertiary/aromatic N) is 4. The minimum absolute atomic E-state index is 0.117. The van der Waals surface area contributed by atoms with Gasteiger partial charge in [-0.25, -0.2) is 8.42 Å². The summed E-state index contributed by atoms with van der Waals surface area (Å²) >= 11 is 0. The lowest BCUT2D eigenvalue weighted by atomic mass is 10.2. The smallest absolute Gasteiger partial charge is 0.243 e. The molecule has 2 fully saturated rings. The number of aromatic nitrogens is 1. The quantitative estimate of drug-likeness (QED) is 0.726. The molecule has 1 aromatic carbocycles. The highest BCUT2D eigenvalue weighted by Crippen LogP contribution is 2.25. The van der Waals surface area contributed by atoms with Gasteiger partial charge < -0.3 is 4.90 Å². The maximum absolute atomic E-state index is 13.1. The van der Waals surface area contributed by atoms with Crippen LogP contribution in [0.4, 0.5) is 0 Å². The van der Waals surface area contributed by atoms with Crippen LogP contribution in [0.15, 0.2) is 47.5 Å². The lowest BCUT2D eigenvalue weighted by Crippen LogP contribution is -2.53. The molecule has 0 bridgehead atoms. The molecule has 2 aliphatic heterocycles. The van der Waals surface area contributed by atoms with E-state index in [9.17, 15) is 13.2 Å². The van der Waals surface area contributed by atoms with E-state index in [-0.39, 0.29) is 11.9 Å². The molecule has 4 rings (SSSR count). The van der Waals surface area contributed by atoms with Gasteiger partial charge in [0.2, 0.25) is 15.9 Å². The zero-order chi connectivity index (χ0) is 21.3. The second kappa shape index (κ2) is 8.45. The molecule has 0 radical (unpaired) electrons. The highest BCUT2D eigenvalue weighted by Gasteiger charge is 2.39. The monoisotopic (exact) mass is 428 g/mol. The standard InChI is InChI=1S/C22H28N4O3S/c1-17-6-7-21(18(2)15-17)30(28,29)26-13-11-24(12-14-26)20-8-10-25(22(20)27)16-19-5-3-4-9-23-19/h3-7,9,15,20H,8,10-14,16H2,1-2H3. The molecule has 7 nitrogen and oxygen atoms in total. The molecular weight excluding hydrogens is 400 g/mol. The van der Waals surface area contributed by atoms with E-state index in [1.165, 1.54) is 0 Å². The van der Waals surface area contributed by atoms with Crippen LogP contribution in [0.1, 0.15) is 23.2 Å². The van der Waals surface area contributed by atoms with Crippen LogP contribution in [0.2, 0.25) is 0 Å². The molecule has 2 aromatic rings. The number of pyridine rings is 1. The molecule has 160 valence electrons. The maximum Gasteiger partial charge on any atom is 0.243 e. The van der Waals surface area contributed by atoms with E-state index in [1.807, 2.05) is 49.1 Å². The predicted octanol–water partition coefficient (Wildman–Crippen LogP) is 1.81. The Hall–Kier alpha value is -2.29. The van der Waals surface area contributed by atoms with Gasteiger partial charge in [-0.05, 0) is 44.0 Å². The molecular formula is C22H28N4O3S. The van der Waals surface area contributed by atoms with Crippen LogP contribution in [0, 0.1) is 13.8 Å². The minimum atomic E-state index is -3.52. The van der Waals surface area contributed by atoms with Crippen LogP contribution >= 0.6 is 0 Å². The molecule has 8 heteroatoms. The van der Waals surface area contributed by atoms with Gasteiger partial charge in [0.15, 0.2) is 0 Å². The number of hydrogen-bond acceptors (Lipinski definition) is 5. The minimum Gasteiger partial charge on any atom is -0.335 e. The first-order valence-electron chi connectivity index (χ1n) is 10.4. The number of amides is 1. The molecule has 1 atom stereocenters. The number of hydrogen-bond donors (Lipinski definition) is 0. The van der Waals surface area contributed by atoms with Crippen molar-refractivity contribution in [3.8, 4) is 0 Å². The summed E-state index contributed by atoms with van der Waals surface area (Å²) in [7, 11) is -3.52. The van der Waals surface area contributed by atoms with Gasteiger partial charge in [-0.3, -0.25) is 14.7 Å². The Morgan fingerprint density at radius 3 is 2.47 bits per heavy atom. The molecule has 0 aliphatic carbocycles. The van der Waals surface area contributed by atoms with Crippen LogP contribution in [0.5, 0.6) is 0 Å². The Kier molecular flexibility index (Phi) is 5.90. The fourth-order valence-electron chi connectivity index (χ4n) is 4.39. The van der Waals surface area contributed by atoms with Crippen LogP contribution in [-0.4, -0.2) is 72.2 Å². The molecule has 2 saturated heterocycles. The van der Waals surface area contributed by atoms with Gasteiger partial charge in [-0.2, -0.15) is 4.31 Å². The van der Waals surface area contributed by atoms with E-state index >= 15 is 0 Å². The molecule has 0 spiro atoms. The first-order valence-corrected chi connectivity index (χ1v) is 11.8. The maximum atomic E-state index is 13.1. The SMILES string of the molecule is Cc1ccc(S(=O)(=O)N2CCN(C3CCN(Cc4ccccn4)C3=O)CC2)c(C)c1. The van der Waals surface area contributed by atoms with Gasteiger partial charge in [0.1, 0.15) is 0 Å². The predicted molar refractivity (Wildman–Crippen MR) is 114 cm³/mol. The van der Waals surface area contributed by atoms with E-state index in [4.69, 9.17) is 0 Å². The first-order chi connectivity index (χ1) is 14.4. The van der Waals surface area contributed by atoms with E-state index in [1.54, 1.807) is 16.6 Å². The summed E-state index contributed by atoms with van der Waals surface area (Å²) in [6, 6.07) is 11.0. The van der Waals surface area contributed by atoms with E-state index in [0.29, 0.717) is 44.2 Å². The summed E-state index contributed by atoms with van der Waals surface area (Å²) in [5, 5.41) is 0. The molecule has 30 heavy (non-hydrogen) atoms. The number of benzene rings is 1. The van der Waals surface area contributed by atoms with Gasteiger partial charge in [0.05, 0.1) is 23.2 Å².